The van der Waals surface area contributed by atoms with Crippen molar-refractivity contribution in [2.75, 3.05) is 19.0 Å². The Kier molecular flexibility index (Phi) is 6.28. The summed E-state index contributed by atoms with van der Waals surface area (Å²) < 4.78 is 5.01. The zero-order valence-electron chi connectivity index (χ0n) is 11.3. The lowest BCUT2D eigenvalue weighted by Gasteiger charge is -2.08. The number of unbranched alkanes of at least 4 members (excludes halogenated alkanes) is 2. The highest BCUT2D eigenvalue weighted by Gasteiger charge is 2.09. The van der Waals surface area contributed by atoms with Crippen molar-refractivity contribution in [1.29, 1.82) is 0 Å². The van der Waals surface area contributed by atoms with Crippen LogP contribution in [0.15, 0.2) is 18.2 Å². The van der Waals surface area contributed by atoms with Crippen LogP contribution in [0.2, 0.25) is 0 Å². The fourth-order valence-corrected chi connectivity index (χ4v) is 1.72. The molecule has 110 valence electrons. The number of hydrogen-bond acceptors (Lipinski definition) is 5. The van der Waals surface area contributed by atoms with E-state index in [1.807, 2.05) is 0 Å². The van der Waals surface area contributed by atoms with E-state index in [0.29, 0.717) is 24.4 Å². The van der Waals surface area contributed by atoms with E-state index in [9.17, 15) is 14.9 Å². The van der Waals surface area contributed by atoms with Gasteiger partial charge in [-0.25, -0.2) is 0 Å². The summed E-state index contributed by atoms with van der Waals surface area (Å²) in [6.45, 7) is 0.629. The smallest absolute Gasteiger partial charge is 0.303 e. The Bertz CT molecular complexity index is 476. The molecular weight excluding hydrogens is 264 g/mol. The topological polar surface area (TPSA) is 102 Å². The van der Waals surface area contributed by atoms with Gasteiger partial charge in [-0.1, -0.05) is 6.42 Å². The third kappa shape index (κ3) is 5.55. The number of nitrogens with one attached hydrogen (secondary N) is 1. The molecule has 0 saturated heterocycles. The van der Waals surface area contributed by atoms with E-state index in [1.165, 1.54) is 19.2 Å². The highest BCUT2D eigenvalue weighted by molar-refractivity contribution is 5.66. The first-order valence-electron chi connectivity index (χ1n) is 6.32. The average molecular weight is 282 g/mol. The molecule has 0 saturated carbocycles. The first-order chi connectivity index (χ1) is 9.52. The molecule has 0 radical (unpaired) electrons. The molecule has 2 N–H and O–H groups in total. The summed E-state index contributed by atoms with van der Waals surface area (Å²) in [4.78, 5) is 20.6. The number of aliphatic carboxylic acids is 1. The number of hydrogen-bond donors (Lipinski definition) is 2. The monoisotopic (exact) mass is 282 g/mol. The van der Waals surface area contributed by atoms with E-state index < -0.39 is 10.9 Å². The van der Waals surface area contributed by atoms with Crippen LogP contribution in [0.4, 0.5) is 11.4 Å². The number of anilines is 1. The van der Waals surface area contributed by atoms with Crippen molar-refractivity contribution in [2.45, 2.75) is 25.7 Å². The van der Waals surface area contributed by atoms with Crippen LogP contribution in [0.25, 0.3) is 0 Å². The minimum Gasteiger partial charge on any atom is -0.496 e. The van der Waals surface area contributed by atoms with Crippen LogP contribution < -0.4 is 10.1 Å². The molecule has 0 aliphatic heterocycles. The first kappa shape index (κ1) is 15.7. The summed E-state index contributed by atoms with van der Waals surface area (Å²) in [7, 11) is 1.45. The van der Waals surface area contributed by atoms with Crippen LogP contribution in [0, 0.1) is 10.1 Å². The van der Waals surface area contributed by atoms with Gasteiger partial charge in [0.15, 0.2) is 0 Å². The number of benzene rings is 1. The molecule has 0 atom stereocenters. The number of nitro groups is 1. The van der Waals surface area contributed by atoms with Gasteiger partial charge in [0.2, 0.25) is 0 Å². The lowest BCUT2D eigenvalue weighted by molar-refractivity contribution is -0.384. The van der Waals surface area contributed by atoms with Crippen molar-refractivity contribution in [1.82, 2.24) is 0 Å². The molecular formula is C13H18N2O5. The van der Waals surface area contributed by atoms with Crippen molar-refractivity contribution >= 4 is 17.3 Å². The number of nitrogens with zero attached hydrogens (tertiary/aromatic N) is 1. The molecule has 0 unspecified atom stereocenters. The molecule has 1 rings (SSSR count). The van der Waals surface area contributed by atoms with E-state index in [1.54, 1.807) is 6.07 Å². The van der Waals surface area contributed by atoms with Gasteiger partial charge in [0.25, 0.3) is 5.69 Å². The molecule has 1 aromatic carbocycles. The molecule has 0 aromatic heterocycles. The number of ether oxygens (including phenoxy) is 1. The molecule has 0 bridgehead atoms. The van der Waals surface area contributed by atoms with Crippen LogP contribution in [0.3, 0.4) is 0 Å². The number of rotatable bonds is 9. The number of carboxylic acids is 1. The third-order valence-electron chi connectivity index (χ3n) is 2.73. The van der Waals surface area contributed by atoms with E-state index in [0.717, 1.165) is 12.8 Å². The van der Waals surface area contributed by atoms with Gasteiger partial charge in [-0.2, -0.15) is 0 Å². The highest BCUT2D eigenvalue weighted by atomic mass is 16.6. The van der Waals surface area contributed by atoms with Gasteiger partial charge < -0.3 is 15.2 Å². The zero-order valence-corrected chi connectivity index (χ0v) is 11.3. The maximum atomic E-state index is 10.8. The summed E-state index contributed by atoms with van der Waals surface area (Å²) in [5.41, 5.74) is 0.590. The van der Waals surface area contributed by atoms with Gasteiger partial charge in [0.05, 0.1) is 18.1 Å². The van der Waals surface area contributed by atoms with E-state index >= 15 is 0 Å². The second-order valence-electron chi connectivity index (χ2n) is 4.31. The summed E-state index contributed by atoms with van der Waals surface area (Å²) in [5, 5.41) is 22.3. The van der Waals surface area contributed by atoms with Crippen LogP contribution in [-0.4, -0.2) is 29.7 Å². The van der Waals surface area contributed by atoms with Crippen LogP contribution in [0.1, 0.15) is 25.7 Å². The Morgan fingerprint density at radius 3 is 2.70 bits per heavy atom. The Morgan fingerprint density at radius 2 is 2.10 bits per heavy atom. The van der Waals surface area contributed by atoms with Crippen molar-refractivity contribution in [2.24, 2.45) is 0 Å². The van der Waals surface area contributed by atoms with Gasteiger partial charge in [-0.05, 0) is 12.8 Å². The standard InChI is InChI=1S/C13H18N2O5/c1-20-12-8-10(7-11(9-12)15(18)19)14-6-4-2-3-5-13(16)17/h7-9,14H,2-6H2,1H3,(H,16,17). The van der Waals surface area contributed by atoms with E-state index in [4.69, 9.17) is 9.84 Å². The van der Waals surface area contributed by atoms with Crippen molar-refractivity contribution < 1.29 is 19.6 Å². The number of carboxylic acid groups (broad SMARTS) is 1. The minimum absolute atomic E-state index is 0.0299. The molecule has 7 heteroatoms. The second-order valence-corrected chi connectivity index (χ2v) is 4.31. The molecule has 0 fully saturated rings. The molecule has 0 aliphatic rings. The number of carbonyl (C=O) groups is 1. The summed E-state index contributed by atoms with van der Waals surface area (Å²) >= 11 is 0. The molecule has 0 heterocycles. The Hall–Kier alpha value is -2.31. The molecule has 7 nitrogen and oxygen atoms in total. The normalized spacial score (nSPS) is 10.1. The quantitative estimate of drug-likeness (QED) is 0.410. The zero-order chi connectivity index (χ0) is 15.0. The maximum absolute atomic E-state index is 10.8. The van der Waals surface area contributed by atoms with Gasteiger partial charge >= 0.3 is 5.97 Å². The largest absolute Gasteiger partial charge is 0.496 e. The van der Waals surface area contributed by atoms with Gasteiger partial charge in [0.1, 0.15) is 5.75 Å². The molecule has 1 aromatic rings. The summed E-state index contributed by atoms with van der Waals surface area (Å²) in [5.74, 6) is -0.367. The summed E-state index contributed by atoms with van der Waals surface area (Å²) in [6, 6.07) is 4.49. The summed E-state index contributed by atoms with van der Waals surface area (Å²) in [6.07, 6.45) is 2.41. The minimum atomic E-state index is -0.790. The van der Waals surface area contributed by atoms with Gasteiger partial charge in [-0.3, -0.25) is 14.9 Å². The first-order valence-corrected chi connectivity index (χ1v) is 6.32. The fourth-order valence-electron chi connectivity index (χ4n) is 1.72. The van der Waals surface area contributed by atoms with Crippen molar-refractivity contribution in [3.05, 3.63) is 28.3 Å². The SMILES string of the molecule is COc1cc(NCCCCCC(=O)O)cc([N+](=O)[O-])c1. The maximum Gasteiger partial charge on any atom is 0.303 e. The molecule has 0 aliphatic carbocycles. The van der Waals surface area contributed by atoms with E-state index in [-0.39, 0.29) is 12.1 Å². The van der Waals surface area contributed by atoms with Crippen molar-refractivity contribution in [3.8, 4) is 5.75 Å². The molecule has 0 amide bonds. The van der Waals surface area contributed by atoms with Crippen LogP contribution in [0.5, 0.6) is 5.75 Å². The lowest BCUT2D eigenvalue weighted by atomic mass is 10.2. The second kappa shape index (κ2) is 7.98. The van der Waals surface area contributed by atoms with Gasteiger partial charge in [-0.15, -0.1) is 0 Å². The molecule has 20 heavy (non-hydrogen) atoms. The number of nitro benzene ring substituents is 1. The Balaban J connectivity index is 2.45. The van der Waals surface area contributed by atoms with Crippen LogP contribution in [-0.2, 0) is 4.79 Å². The number of methoxy groups -OCH3 is 1. The van der Waals surface area contributed by atoms with E-state index in [2.05, 4.69) is 5.32 Å². The predicted octanol–water partition coefficient (Wildman–Crippen LogP) is 2.66. The Labute approximate surface area is 116 Å². The van der Waals surface area contributed by atoms with Crippen LogP contribution >= 0.6 is 0 Å². The predicted molar refractivity (Wildman–Crippen MR) is 74.2 cm³/mol. The lowest BCUT2D eigenvalue weighted by Crippen LogP contribution is -2.03. The fraction of sp³-hybridized carbons (Fsp3) is 0.462. The Morgan fingerprint density at radius 1 is 1.35 bits per heavy atom. The van der Waals surface area contributed by atoms with Gasteiger partial charge in [0, 0.05) is 30.8 Å². The molecule has 0 spiro atoms. The highest BCUT2D eigenvalue weighted by Crippen LogP contribution is 2.25. The average Bonchev–Trinajstić information content (AvgIpc) is 2.41. The van der Waals surface area contributed by atoms with Crippen molar-refractivity contribution in [3.63, 3.8) is 0 Å². The third-order valence-corrected chi connectivity index (χ3v) is 2.73. The number of non-ortho nitro benzene ring substituents is 1.